The number of rotatable bonds is 6. The molecule has 0 bridgehead atoms. The van der Waals surface area contributed by atoms with E-state index in [1.165, 1.54) is 0 Å². The molecule has 1 aliphatic rings. The van der Waals surface area contributed by atoms with E-state index in [1.807, 2.05) is 0 Å². The molecule has 1 aromatic heterocycles. The minimum absolute atomic E-state index is 0.0884. The van der Waals surface area contributed by atoms with Crippen LogP contribution >= 0.6 is 0 Å². The van der Waals surface area contributed by atoms with Gasteiger partial charge in [-0.3, -0.25) is 10.1 Å². The van der Waals surface area contributed by atoms with Crippen molar-refractivity contribution in [1.29, 1.82) is 0 Å². The first-order valence-corrected chi connectivity index (χ1v) is 6.51. The van der Waals surface area contributed by atoms with Crippen LogP contribution in [0.1, 0.15) is 25.0 Å². The van der Waals surface area contributed by atoms with E-state index in [0.29, 0.717) is 18.2 Å². The fraction of sp³-hybridized carbons (Fsp3) is 0.667. The molecule has 0 atom stereocenters. The van der Waals surface area contributed by atoms with Gasteiger partial charge in [-0.2, -0.15) is 4.98 Å². The Labute approximate surface area is 117 Å². The monoisotopic (exact) mass is 281 g/mol. The maximum atomic E-state index is 11.2. The zero-order valence-corrected chi connectivity index (χ0v) is 11.9. The highest BCUT2D eigenvalue weighted by atomic mass is 16.6. The standard InChI is InChI=1S/C12H19N5O3/c1-8-9(17(18)19)10(16-11(13-2)15-8)14-7-12(20-3)5-4-6-12/h4-7H2,1-3H3,(H2,13,14,15,16). The number of hydrogen-bond donors (Lipinski definition) is 2. The number of nitro groups is 1. The second-order valence-corrected chi connectivity index (χ2v) is 4.93. The van der Waals surface area contributed by atoms with E-state index in [1.54, 1.807) is 21.1 Å². The summed E-state index contributed by atoms with van der Waals surface area (Å²) in [6, 6.07) is 0. The predicted molar refractivity (Wildman–Crippen MR) is 75.1 cm³/mol. The van der Waals surface area contributed by atoms with E-state index in [4.69, 9.17) is 4.74 Å². The number of nitrogens with one attached hydrogen (secondary N) is 2. The molecular weight excluding hydrogens is 262 g/mol. The van der Waals surface area contributed by atoms with Gasteiger partial charge in [-0.15, -0.1) is 0 Å². The largest absolute Gasteiger partial charge is 0.376 e. The highest BCUT2D eigenvalue weighted by molar-refractivity contribution is 5.60. The minimum Gasteiger partial charge on any atom is -0.376 e. The van der Waals surface area contributed by atoms with Gasteiger partial charge >= 0.3 is 5.69 Å². The summed E-state index contributed by atoms with van der Waals surface area (Å²) in [7, 11) is 3.34. The van der Waals surface area contributed by atoms with Gasteiger partial charge in [-0.05, 0) is 26.2 Å². The van der Waals surface area contributed by atoms with Gasteiger partial charge in [0.15, 0.2) is 0 Å². The second kappa shape index (κ2) is 5.58. The summed E-state index contributed by atoms with van der Waals surface area (Å²) >= 11 is 0. The fourth-order valence-corrected chi connectivity index (χ4v) is 2.29. The van der Waals surface area contributed by atoms with Gasteiger partial charge in [0.05, 0.1) is 10.5 Å². The Bertz CT molecular complexity index is 511. The predicted octanol–water partition coefficient (Wildman–Crippen LogP) is 1.72. The quantitative estimate of drug-likeness (QED) is 0.604. The highest BCUT2D eigenvalue weighted by Gasteiger charge is 2.37. The van der Waals surface area contributed by atoms with Crippen LogP contribution in [0.25, 0.3) is 0 Å². The first-order valence-electron chi connectivity index (χ1n) is 6.51. The van der Waals surface area contributed by atoms with Gasteiger partial charge in [0.25, 0.3) is 0 Å². The van der Waals surface area contributed by atoms with Crippen LogP contribution in [-0.2, 0) is 4.74 Å². The molecule has 1 saturated carbocycles. The lowest BCUT2D eigenvalue weighted by Gasteiger charge is -2.40. The fourth-order valence-electron chi connectivity index (χ4n) is 2.29. The number of methoxy groups -OCH3 is 1. The Morgan fingerprint density at radius 3 is 2.60 bits per heavy atom. The average Bonchev–Trinajstić information content (AvgIpc) is 2.36. The number of ether oxygens (including phenoxy) is 1. The lowest BCUT2D eigenvalue weighted by atomic mass is 9.80. The molecule has 0 aromatic carbocycles. The molecular formula is C12H19N5O3. The van der Waals surface area contributed by atoms with Gasteiger partial charge in [0, 0.05) is 20.7 Å². The molecule has 0 unspecified atom stereocenters. The van der Waals surface area contributed by atoms with Crippen LogP contribution in [0.15, 0.2) is 0 Å². The third kappa shape index (κ3) is 2.64. The minimum atomic E-state index is -0.461. The summed E-state index contributed by atoms with van der Waals surface area (Å²) in [5.41, 5.74) is 0.0125. The van der Waals surface area contributed by atoms with E-state index in [9.17, 15) is 10.1 Å². The Balaban J connectivity index is 2.24. The van der Waals surface area contributed by atoms with Crippen LogP contribution in [0.5, 0.6) is 0 Å². The SMILES string of the molecule is CNc1nc(C)c([N+](=O)[O-])c(NCC2(OC)CCC2)n1. The maximum absolute atomic E-state index is 11.2. The van der Waals surface area contributed by atoms with E-state index in [2.05, 4.69) is 20.6 Å². The summed E-state index contributed by atoms with van der Waals surface area (Å²) in [6.45, 7) is 2.10. The molecule has 20 heavy (non-hydrogen) atoms. The van der Waals surface area contributed by atoms with Crippen LogP contribution in [0, 0.1) is 17.0 Å². The van der Waals surface area contributed by atoms with Crippen molar-refractivity contribution in [2.24, 2.45) is 0 Å². The summed E-state index contributed by atoms with van der Waals surface area (Å²) < 4.78 is 5.49. The number of aryl methyl sites for hydroxylation is 1. The van der Waals surface area contributed by atoms with Gasteiger partial charge in [-0.25, -0.2) is 4.98 Å². The molecule has 0 saturated heterocycles. The molecule has 0 aliphatic heterocycles. The third-order valence-electron chi connectivity index (χ3n) is 3.74. The molecule has 1 fully saturated rings. The summed E-state index contributed by atoms with van der Waals surface area (Å²) in [5, 5.41) is 17.0. The summed E-state index contributed by atoms with van der Waals surface area (Å²) in [4.78, 5) is 18.9. The van der Waals surface area contributed by atoms with Crippen molar-refractivity contribution >= 4 is 17.5 Å². The highest BCUT2D eigenvalue weighted by Crippen LogP contribution is 2.36. The molecule has 1 aliphatic carbocycles. The van der Waals surface area contributed by atoms with Crippen molar-refractivity contribution in [3.05, 3.63) is 15.8 Å². The Morgan fingerprint density at radius 1 is 1.45 bits per heavy atom. The first kappa shape index (κ1) is 14.4. The second-order valence-electron chi connectivity index (χ2n) is 4.93. The lowest BCUT2D eigenvalue weighted by Crippen LogP contribution is -2.45. The smallest absolute Gasteiger partial charge is 0.332 e. The molecule has 110 valence electrons. The Hall–Kier alpha value is -1.96. The van der Waals surface area contributed by atoms with Crippen molar-refractivity contribution in [2.75, 3.05) is 31.3 Å². The molecule has 2 N–H and O–H groups in total. The van der Waals surface area contributed by atoms with Crippen LogP contribution in [0.3, 0.4) is 0 Å². The molecule has 1 aromatic rings. The normalized spacial score (nSPS) is 16.4. The van der Waals surface area contributed by atoms with Crippen molar-refractivity contribution in [1.82, 2.24) is 9.97 Å². The van der Waals surface area contributed by atoms with E-state index >= 15 is 0 Å². The van der Waals surface area contributed by atoms with Gasteiger partial charge in [-0.1, -0.05) is 0 Å². The summed E-state index contributed by atoms with van der Waals surface area (Å²) in [6.07, 6.45) is 3.02. The van der Waals surface area contributed by atoms with Crippen LogP contribution in [-0.4, -0.2) is 41.2 Å². The topological polar surface area (TPSA) is 102 Å². The molecule has 0 radical (unpaired) electrons. The van der Waals surface area contributed by atoms with Gasteiger partial charge < -0.3 is 15.4 Å². The number of nitrogens with zero attached hydrogens (tertiary/aromatic N) is 3. The van der Waals surface area contributed by atoms with E-state index < -0.39 is 4.92 Å². The maximum Gasteiger partial charge on any atom is 0.332 e. The molecule has 0 spiro atoms. The zero-order valence-electron chi connectivity index (χ0n) is 11.9. The Morgan fingerprint density at radius 2 is 2.15 bits per heavy atom. The van der Waals surface area contributed by atoms with E-state index in [0.717, 1.165) is 19.3 Å². The average molecular weight is 281 g/mol. The molecule has 0 amide bonds. The number of anilines is 2. The van der Waals surface area contributed by atoms with Crippen LogP contribution in [0.4, 0.5) is 17.5 Å². The third-order valence-corrected chi connectivity index (χ3v) is 3.74. The first-order chi connectivity index (χ1) is 9.51. The number of aromatic nitrogens is 2. The van der Waals surface area contributed by atoms with Crippen LogP contribution in [0.2, 0.25) is 0 Å². The van der Waals surface area contributed by atoms with E-state index in [-0.39, 0.29) is 17.1 Å². The molecule has 2 rings (SSSR count). The summed E-state index contributed by atoms with van der Waals surface area (Å²) in [5.74, 6) is 0.589. The Kier molecular flexibility index (Phi) is 4.03. The van der Waals surface area contributed by atoms with Crippen molar-refractivity contribution in [3.8, 4) is 0 Å². The van der Waals surface area contributed by atoms with Crippen molar-refractivity contribution in [2.45, 2.75) is 31.8 Å². The van der Waals surface area contributed by atoms with Gasteiger partial charge in [0.2, 0.25) is 11.8 Å². The lowest BCUT2D eigenvalue weighted by molar-refractivity contribution is -0.385. The zero-order chi connectivity index (χ0) is 14.8. The number of hydrogen-bond acceptors (Lipinski definition) is 7. The van der Waals surface area contributed by atoms with Gasteiger partial charge in [0.1, 0.15) is 5.69 Å². The molecule has 1 heterocycles. The van der Waals surface area contributed by atoms with Crippen LogP contribution < -0.4 is 10.6 Å². The van der Waals surface area contributed by atoms with Crippen molar-refractivity contribution in [3.63, 3.8) is 0 Å². The molecule has 8 nitrogen and oxygen atoms in total. The van der Waals surface area contributed by atoms with Crippen molar-refractivity contribution < 1.29 is 9.66 Å². The molecule has 8 heteroatoms.